The van der Waals surface area contributed by atoms with Gasteiger partial charge in [-0.25, -0.2) is 4.39 Å². The Balaban J connectivity index is 1.91. The molecule has 7 heteroatoms. The van der Waals surface area contributed by atoms with Gasteiger partial charge in [0.2, 0.25) is 0 Å². The molecule has 0 aliphatic heterocycles. The zero-order valence-corrected chi connectivity index (χ0v) is 11.2. The van der Waals surface area contributed by atoms with Gasteiger partial charge in [0.1, 0.15) is 11.6 Å². The number of benzene rings is 1. The van der Waals surface area contributed by atoms with E-state index in [4.69, 9.17) is 0 Å². The van der Waals surface area contributed by atoms with Crippen LogP contribution in [0.3, 0.4) is 0 Å². The number of hydrogen-bond acceptors (Lipinski definition) is 3. The second-order valence-electron chi connectivity index (χ2n) is 4.55. The summed E-state index contributed by atoms with van der Waals surface area (Å²) in [5.74, 6) is -0.0272. The van der Waals surface area contributed by atoms with Gasteiger partial charge < -0.3 is 5.32 Å². The lowest BCUT2D eigenvalue weighted by molar-refractivity contribution is -0.141. The number of anilines is 1. The number of aromatic nitrogens is 2. The first-order chi connectivity index (χ1) is 9.86. The summed E-state index contributed by atoms with van der Waals surface area (Å²) in [6, 6.07) is 6.60. The van der Waals surface area contributed by atoms with Crippen LogP contribution in [-0.2, 0) is 12.6 Å². The summed E-state index contributed by atoms with van der Waals surface area (Å²) < 4.78 is 49.9. The minimum absolute atomic E-state index is 0.266. The van der Waals surface area contributed by atoms with Crippen LogP contribution in [0.15, 0.2) is 30.3 Å². The molecule has 1 aromatic heterocycles. The van der Waals surface area contributed by atoms with Gasteiger partial charge in [-0.05, 0) is 48.7 Å². The predicted molar refractivity (Wildman–Crippen MR) is 70.4 cm³/mol. The van der Waals surface area contributed by atoms with Crippen LogP contribution in [-0.4, -0.2) is 16.7 Å². The molecule has 0 bridgehead atoms. The molecule has 0 saturated heterocycles. The highest BCUT2D eigenvalue weighted by Gasteiger charge is 2.32. The Morgan fingerprint density at radius 3 is 2.43 bits per heavy atom. The van der Waals surface area contributed by atoms with Crippen LogP contribution in [0.4, 0.5) is 23.4 Å². The molecule has 1 N–H and O–H groups in total. The second kappa shape index (κ2) is 6.07. The minimum Gasteiger partial charge on any atom is -0.368 e. The van der Waals surface area contributed by atoms with Crippen LogP contribution >= 0.6 is 0 Å². The van der Waals surface area contributed by atoms with E-state index in [1.807, 2.05) is 0 Å². The molecule has 0 saturated carbocycles. The van der Waals surface area contributed by atoms with E-state index in [0.717, 1.165) is 17.2 Å². The van der Waals surface area contributed by atoms with Crippen LogP contribution in [0.2, 0.25) is 0 Å². The highest BCUT2D eigenvalue weighted by atomic mass is 19.4. The standard InChI is InChI=1S/C14H13F4N3/c1-9-8-11(15)3-2-10(9)6-7-19-13-5-4-12(20-21-13)14(16,17)18/h2-5,8H,6-7H2,1H3,(H,19,21). The lowest BCUT2D eigenvalue weighted by Gasteiger charge is -2.09. The van der Waals surface area contributed by atoms with Gasteiger partial charge in [0.05, 0.1) is 0 Å². The fourth-order valence-corrected chi connectivity index (χ4v) is 1.84. The van der Waals surface area contributed by atoms with Crippen LogP contribution in [0.1, 0.15) is 16.8 Å². The maximum absolute atomic E-state index is 12.9. The smallest absolute Gasteiger partial charge is 0.368 e. The van der Waals surface area contributed by atoms with Crippen molar-refractivity contribution in [1.82, 2.24) is 10.2 Å². The molecule has 0 fully saturated rings. The van der Waals surface area contributed by atoms with E-state index in [0.29, 0.717) is 13.0 Å². The summed E-state index contributed by atoms with van der Waals surface area (Å²) in [5.41, 5.74) is 0.765. The Hall–Kier alpha value is -2.18. The summed E-state index contributed by atoms with van der Waals surface area (Å²) >= 11 is 0. The first-order valence-corrected chi connectivity index (χ1v) is 6.26. The lowest BCUT2D eigenvalue weighted by Crippen LogP contribution is -2.12. The molecule has 1 aromatic carbocycles. The Labute approximate surface area is 119 Å². The third-order valence-corrected chi connectivity index (χ3v) is 2.96. The number of aryl methyl sites for hydroxylation is 1. The lowest BCUT2D eigenvalue weighted by atomic mass is 10.1. The Morgan fingerprint density at radius 2 is 1.86 bits per heavy atom. The number of hydrogen-bond donors (Lipinski definition) is 1. The van der Waals surface area contributed by atoms with Gasteiger partial charge in [-0.1, -0.05) is 6.07 Å². The van der Waals surface area contributed by atoms with E-state index >= 15 is 0 Å². The van der Waals surface area contributed by atoms with E-state index in [1.54, 1.807) is 13.0 Å². The number of nitrogens with one attached hydrogen (secondary N) is 1. The zero-order valence-electron chi connectivity index (χ0n) is 11.2. The maximum Gasteiger partial charge on any atom is 0.435 e. The summed E-state index contributed by atoms with van der Waals surface area (Å²) in [4.78, 5) is 0. The van der Waals surface area contributed by atoms with Crippen molar-refractivity contribution in [3.05, 3.63) is 53.0 Å². The number of nitrogens with zero attached hydrogens (tertiary/aromatic N) is 2. The average Bonchev–Trinajstić information content (AvgIpc) is 2.41. The van der Waals surface area contributed by atoms with Crippen LogP contribution in [0, 0.1) is 12.7 Å². The van der Waals surface area contributed by atoms with Gasteiger partial charge in [0.25, 0.3) is 0 Å². The van der Waals surface area contributed by atoms with Crippen molar-refractivity contribution in [2.24, 2.45) is 0 Å². The summed E-state index contributed by atoms with van der Waals surface area (Å²) in [6.45, 7) is 2.27. The molecule has 3 nitrogen and oxygen atoms in total. The molecule has 0 unspecified atom stereocenters. The van der Waals surface area contributed by atoms with Crippen molar-refractivity contribution < 1.29 is 17.6 Å². The molecule has 21 heavy (non-hydrogen) atoms. The maximum atomic E-state index is 12.9. The van der Waals surface area contributed by atoms with E-state index < -0.39 is 11.9 Å². The normalized spacial score (nSPS) is 11.5. The van der Waals surface area contributed by atoms with E-state index in [2.05, 4.69) is 15.5 Å². The molecule has 0 aliphatic rings. The zero-order chi connectivity index (χ0) is 15.5. The number of rotatable bonds is 4. The van der Waals surface area contributed by atoms with Crippen LogP contribution in [0.5, 0.6) is 0 Å². The highest BCUT2D eigenvalue weighted by Crippen LogP contribution is 2.27. The molecule has 112 valence electrons. The fourth-order valence-electron chi connectivity index (χ4n) is 1.84. The Bertz CT molecular complexity index is 609. The monoisotopic (exact) mass is 299 g/mol. The first-order valence-electron chi connectivity index (χ1n) is 6.26. The average molecular weight is 299 g/mol. The molecular weight excluding hydrogens is 286 g/mol. The van der Waals surface area contributed by atoms with Gasteiger partial charge in [-0.2, -0.15) is 13.2 Å². The molecule has 2 rings (SSSR count). The van der Waals surface area contributed by atoms with Gasteiger partial charge in [-0.15, -0.1) is 10.2 Å². The molecule has 0 aliphatic carbocycles. The molecule has 1 heterocycles. The largest absolute Gasteiger partial charge is 0.435 e. The van der Waals surface area contributed by atoms with Gasteiger partial charge >= 0.3 is 6.18 Å². The van der Waals surface area contributed by atoms with Crippen molar-refractivity contribution >= 4 is 5.82 Å². The predicted octanol–water partition coefficient (Wildman–Crippen LogP) is 3.60. The Kier molecular flexibility index (Phi) is 4.40. The van der Waals surface area contributed by atoms with Crippen molar-refractivity contribution in [3.8, 4) is 0 Å². The van der Waals surface area contributed by atoms with Crippen molar-refractivity contribution in [2.75, 3.05) is 11.9 Å². The third kappa shape index (κ3) is 4.14. The van der Waals surface area contributed by atoms with Crippen molar-refractivity contribution in [2.45, 2.75) is 19.5 Å². The molecule has 0 atom stereocenters. The first kappa shape index (κ1) is 15.2. The third-order valence-electron chi connectivity index (χ3n) is 2.96. The van der Waals surface area contributed by atoms with E-state index in [-0.39, 0.29) is 11.6 Å². The number of halogens is 4. The van der Waals surface area contributed by atoms with E-state index in [1.165, 1.54) is 18.2 Å². The fraction of sp³-hybridized carbons (Fsp3) is 0.286. The van der Waals surface area contributed by atoms with Crippen LogP contribution < -0.4 is 5.32 Å². The van der Waals surface area contributed by atoms with Gasteiger partial charge in [-0.3, -0.25) is 0 Å². The van der Waals surface area contributed by atoms with Gasteiger partial charge in [0, 0.05) is 6.54 Å². The SMILES string of the molecule is Cc1cc(F)ccc1CCNc1ccc(C(F)(F)F)nn1. The number of alkyl halides is 3. The summed E-state index contributed by atoms with van der Waals surface area (Å²) in [7, 11) is 0. The minimum atomic E-state index is -4.49. The van der Waals surface area contributed by atoms with Crippen LogP contribution in [0.25, 0.3) is 0 Å². The molecule has 2 aromatic rings. The van der Waals surface area contributed by atoms with Crippen molar-refractivity contribution in [1.29, 1.82) is 0 Å². The second-order valence-corrected chi connectivity index (χ2v) is 4.55. The quantitative estimate of drug-likeness (QED) is 0.877. The highest BCUT2D eigenvalue weighted by molar-refractivity contribution is 5.34. The summed E-state index contributed by atoms with van der Waals surface area (Å²) in [5, 5.41) is 9.47. The molecule has 0 radical (unpaired) electrons. The Morgan fingerprint density at radius 1 is 1.10 bits per heavy atom. The molecule has 0 amide bonds. The topological polar surface area (TPSA) is 37.8 Å². The molecular formula is C14H13F4N3. The summed E-state index contributed by atoms with van der Waals surface area (Å²) in [6.07, 6.45) is -3.88. The molecule has 0 spiro atoms. The van der Waals surface area contributed by atoms with Crippen molar-refractivity contribution in [3.63, 3.8) is 0 Å². The van der Waals surface area contributed by atoms with Gasteiger partial charge in [0.15, 0.2) is 5.69 Å². The van der Waals surface area contributed by atoms with E-state index in [9.17, 15) is 17.6 Å².